The van der Waals surface area contributed by atoms with E-state index < -0.39 is 16.4 Å². The van der Waals surface area contributed by atoms with Gasteiger partial charge in [-0.2, -0.15) is 0 Å². The van der Waals surface area contributed by atoms with Crippen LogP contribution in [0.5, 0.6) is 0 Å². The highest BCUT2D eigenvalue weighted by molar-refractivity contribution is 6.73. The Bertz CT molecular complexity index is 253. The lowest BCUT2D eigenvalue weighted by Crippen LogP contribution is -2.15. The third-order valence-electron chi connectivity index (χ3n) is 3.64. The van der Waals surface area contributed by atoms with Crippen LogP contribution in [0.4, 0.5) is 0 Å². The van der Waals surface area contributed by atoms with Crippen LogP contribution < -0.4 is 0 Å². The molecule has 0 aromatic heterocycles. The molecular weight excluding hydrogens is 295 g/mol. The fourth-order valence-electron chi connectivity index (χ4n) is 2.33. The summed E-state index contributed by atoms with van der Waals surface area (Å²) < 4.78 is 0. The van der Waals surface area contributed by atoms with Crippen LogP contribution in [0.2, 0.25) is 0 Å². The number of halogens is 2. The fraction of sp³-hybridized carbons (Fsp3) is 0.875. The Kier molecular flexibility index (Phi) is 13.8. The second kappa shape index (κ2) is 13.9. The van der Waals surface area contributed by atoms with Crippen molar-refractivity contribution in [2.24, 2.45) is 5.92 Å². The van der Waals surface area contributed by atoms with Crippen LogP contribution in [0.1, 0.15) is 84.0 Å². The Balaban J connectivity index is 3.32. The van der Waals surface area contributed by atoms with Crippen molar-refractivity contribution in [1.82, 2.24) is 0 Å². The average Bonchev–Trinajstić information content (AvgIpc) is 2.39. The molecule has 20 heavy (non-hydrogen) atoms. The van der Waals surface area contributed by atoms with Gasteiger partial charge in [-0.25, -0.2) is 0 Å². The van der Waals surface area contributed by atoms with E-state index in [-0.39, 0.29) is 0 Å². The Morgan fingerprint density at radius 3 is 1.40 bits per heavy atom. The first kappa shape index (κ1) is 19.9. The van der Waals surface area contributed by atoms with Crippen LogP contribution in [0.15, 0.2) is 0 Å². The molecule has 0 aliphatic carbocycles. The van der Waals surface area contributed by atoms with E-state index in [9.17, 15) is 9.59 Å². The first-order valence-electron chi connectivity index (χ1n) is 7.98. The molecule has 0 atom stereocenters. The van der Waals surface area contributed by atoms with Crippen molar-refractivity contribution >= 4 is 33.7 Å². The lowest BCUT2D eigenvalue weighted by Gasteiger charge is -2.07. The van der Waals surface area contributed by atoms with Gasteiger partial charge in [0.2, 0.25) is 10.5 Å². The van der Waals surface area contributed by atoms with Crippen LogP contribution >= 0.6 is 23.2 Å². The second-order valence-electron chi connectivity index (χ2n) is 5.49. The third-order valence-corrected chi connectivity index (χ3v) is 4.17. The van der Waals surface area contributed by atoms with Gasteiger partial charge in [0.05, 0.1) is 0 Å². The quantitative estimate of drug-likeness (QED) is 0.229. The normalized spacial score (nSPS) is 11.0. The summed E-state index contributed by atoms with van der Waals surface area (Å²) in [4.78, 5) is 21.9. The summed E-state index contributed by atoms with van der Waals surface area (Å²) >= 11 is 10.7. The van der Waals surface area contributed by atoms with E-state index in [0.29, 0.717) is 6.42 Å². The van der Waals surface area contributed by atoms with Crippen LogP contribution in [0.25, 0.3) is 0 Å². The standard InChI is InChI=1S/C16H28Cl2O2/c1-2-3-4-5-6-7-8-9-10-11-12-13-14(15(17)19)16(18)20/h14H,2-13H2,1H3. The monoisotopic (exact) mass is 322 g/mol. The highest BCUT2D eigenvalue weighted by Gasteiger charge is 2.22. The maximum absolute atomic E-state index is 11.0. The fourth-order valence-corrected chi connectivity index (χ4v) is 2.80. The lowest BCUT2D eigenvalue weighted by molar-refractivity contribution is -0.124. The molecule has 0 heterocycles. The molecule has 0 saturated heterocycles. The molecule has 0 radical (unpaired) electrons. The number of rotatable bonds is 14. The molecule has 0 amide bonds. The van der Waals surface area contributed by atoms with Crippen molar-refractivity contribution in [3.63, 3.8) is 0 Å². The van der Waals surface area contributed by atoms with Crippen molar-refractivity contribution in [2.75, 3.05) is 0 Å². The largest absolute Gasteiger partial charge is 0.280 e. The first-order valence-corrected chi connectivity index (χ1v) is 8.73. The highest BCUT2D eigenvalue weighted by atomic mass is 35.5. The van der Waals surface area contributed by atoms with Gasteiger partial charge in [-0.1, -0.05) is 77.6 Å². The van der Waals surface area contributed by atoms with Crippen molar-refractivity contribution in [1.29, 1.82) is 0 Å². The van der Waals surface area contributed by atoms with E-state index in [1.54, 1.807) is 0 Å². The minimum atomic E-state index is -0.808. The smallest absolute Gasteiger partial charge is 0.233 e. The molecule has 0 fully saturated rings. The Morgan fingerprint density at radius 1 is 0.700 bits per heavy atom. The van der Waals surface area contributed by atoms with Crippen LogP contribution in [0, 0.1) is 5.92 Å². The summed E-state index contributed by atoms with van der Waals surface area (Å²) in [6, 6.07) is 0. The minimum Gasteiger partial charge on any atom is -0.280 e. The van der Waals surface area contributed by atoms with Crippen molar-refractivity contribution in [3.05, 3.63) is 0 Å². The molecule has 0 aliphatic rings. The summed E-state index contributed by atoms with van der Waals surface area (Å²) in [5, 5.41) is -1.26. The predicted octanol–water partition coefficient (Wildman–Crippen LogP) is 5.83. The van der Waals surface area contributed by atoms with E-state index >= 15 is 0 Å². The first-order chi connectivity index (χ1) is 9.59. The van der Waals surface area contributed by atoms with Gasteiger partial charge in [0.1, 0.15) is 5.92 Å². The number of hydrogen-bond acceptors (Lipinski definition) is 2. The zero-order valence-electron chi connectivity index (χ0n) is 12.6. The molecule has 0 N–H and O–H groups in total. The zero-order chi connectivity index (χ0) is 15.2. The Labute approximate surface area is 133 Å². The van der Waals surface area contributed by atoms with E-state index in [1.165, 1.54) is 51.4 Å². The van der Waals surface area contributed by atoms with Gasteiger partial charge < -0.3 is 0 Å². The molecule has 0 saturated carbocycles. The van der Waals surface area contributed by atoms with E-state index in [1.807, 2.05) is 0 Å². The molecular formula is C16H28Cl2O2. The molecule has 118 valence electrons. The number of hydrogen-bond donors (Lipinski definition) is 0. The third kappa shape index (κ3) is 11.7. The van der Waals surface area contributed by atoms with E-state index in [2.05, 4.69) is 6.92 Å². The van der Waals surface area contributed by atoms with Gasteiger partial charge in [0.25, 0.3) is 0 Å². The minimum absolute atomic E-state index is 0.488. The molecule has 0 aromatic rings. The maximum atomic E-state index is 11.0. The van der Waals surface area contributed by atoms with Crippen molar-refractivity contribution in [3.8, 4) is 0 Å². The van der Waals surface area contributed by atoms with E-state index in [0.717, 1.165) is 19.3 Å². The van der Waals surface area contributed by atoms with Gasteiger partial charge in [-0.15, -0.1) is 0 Å². The van der Waals surface area contributed by atoms with Crippen LogP contribution in [-0.4, -0.2) is 10.5 Å². The Morgan fingerprint density at radius 2 is 1.05 bits per heavy atom. The highest BCUT2D eigenvalue weighted by Crippen LogP contribution is 2.17. The second-order valence-corrected chi connectivity index (χ2v) is 6.23. The van der Waals surface area contributed by atoms with E-state index in [4.69, 9.17) is 23.2 Å². The van der Waals surface area contributed by atoms with Gasteiger partial charge in [-0.05, 0) is 29.6 Å². The number of unbranched alkanes of at least 4 members (excludes halogenated alkanes) is 10. The summed E-state index contributed by atoms with van der Waals surface area (Å²) in [6.07, 6.45) is 14.1. The van der Waals surface area contributed by atoms with Gasteiger partial charge in [-0.3, -0.25) is 9.59 Å². The van der Waals surface area contributed by atoms with Crippen LogP contribution in [0.3, 0.4) is 0 Å². The molecule has 0 aromatic carbocycles. The molecule has 0 unspecified atom stereocenters. The summed E-state index contributed by atoms with van der Waals surface area (Å²) in [7, 11) is 0. The van der Waals surface area contributed by atoms with Crippen molar-refractivity contribution < 1.29 is 9.59 Å². The Hall–Kier alpha value is -0.0800. The molecule has 2 nitrogen and oxygen atoms in total. The number of carbonyl (C=O) groups is 2. The topological polar surface area (TPSA) is 34.1 Å². The molecule has 0 bridgehead atoms. The van der Waals surface area contributed by atoms with Gasteiger partial charge in [0, 0.05) is 0 Å². The molecule has 0 rings (SSSR count). The molecule has 0 spiro atoms. The average molecular weight is 323 g/mol. The summed E-state index contributed by atoms with van der Waals surface area (Å²) in [5.74, 6) is -0.808. The maximum Gasteiger partial charge on any atom is 0.233 e. The molecule has 4 heteroatoms. The summed E-state index contributed by atoms with van der Waals surface area (Å²) in [5.41, 5.74) is 0. The summed E-state index contributed by atoms with van der Waals surface area (Å²) in [6.45, 7) is 2.24. The lowest BCUT2D eigenvalue weighted by atomic mass is 10.0. The van der Waals surface area contributed by atoms with Gasteiger partial charge >= 0.3 is 0 Å². The zero-order valence-corrected chi connectivity index (χ0v) is 14.1. The molecule has 0 aliphatic heterocycles. The SMILES string of the molecule is CCCCCCCCCCCCCC(C(=O)Cl)C(=O)Cl. The van der Waals surface area contributed by atoms with Gasteiger partial charge in [0.15, 0.2) is 0 Å². The number of carbonyl (C=O) groups excluding carboxylic acids is 2. The van der Waals surface area contributed by atoms with Crippen LogP contribution in [-0.2, 0) is 9.59 Å². The predicted molar refractivity (Wildman–Crippen MR) is 86.3 cm³/mol. The van der Waals surface area contributed by atoms with Crippen molar-refractivity contribution in [2.45, 2.75) is 84.0 Å².